The molecule has 0 heterocycles. The summed E-state index contributed by atoms with van der Waals surface area (Å²) in [5.41, 5.74) is 5.55. The Balaban J connectivity index is 3.18. The van der Waals surface area contributed by atoms with Crippen molar-refractivity contribution in [3.8, 4) is 5.75 Å². The van der Waals surface area contributed by atoms with Gasteiger partial charge in [0, 0.05) is 17.0 Å². The lowest BCUT2D eigenvalue weighted by Crippen LogP contribution is -2.46. The lowest BCUT2D eigenvalue weighted by molar-refractivity contribution is -0.300. The van der Waals surface area contributed by atoms with Gasteiger partial charge in [-0.25, -0.2) is 0 Å². The number of rotatable bonds is 5. The van der Waals surface area contributed by atoms with Crippen molar-refractivity contribution in [1.29, 1.82) is 0 Å². The van der Waals surface area contributed by atoms with E-state index in [1.165, 1.54) is 17.8 Å². The highest BCUT2D eigenvalue weighted by Crippen LogP contribution is 2.38. The van der Waals surface area contributed by atoms with Gasteiger partial charge in [-0.3, -0.25) is 0 Å². The summed E-state index contributed by atoms with van der Waals surface area (Å²) in [4.78, 5) is 0.501. The molecule has 0 fully saturated rings. The van der Waals surface area contributed by atoms with E-state index in [0.717, 1.165) is 6.07 Å². The molecule has 1 aromatic carbocycles. The standard InChI is InChI=1S/C12H13F6NOS/c1-2-21-9-5-3-4-8(7(9)6-19)20-10(11(13,14)15)12(16,17)18/h3-5,10H,2,6,19H2,1H3. The van der Waals surface area contributed by atoms with E-state index < -0.39 is 24.2 Å². The van der Waals surface area contributed by atoms with Gasteiger partial charge < -0.3 is 10.5 Å². The Morgan fingerprint density at radius 1 is 1.14 bits per heavy atom. The second-order valence-corrected chi connectivity index (χ2v) is 5.26. The molecule has 0 aliphatic carbocycles. The van der Waals surface area contributed by atoms with Crippen LogP contribution in [0.25, 0.3) is 0 Å². The van der Waals surface area contributed by atoms with Crippen molar-refractivity contribution in [2.45, 2.75) is 36.8 Å². The van der Waals surface area contributed by atoms with Gasteiger partial charge in [0.05, 0.1) is 0 Å². The minimum Gasteiger partial charge on any atom is -0.471 e. The lowest BCUT2D eigenvalue weighted by Gasteiger charge is -2.25. The van der Waals surface area contributed by atoms with Crippen LogP contribution in [0.5, 0.6) is 5.75 Å². The predicted octanol–water partition coefficient (Wildman–Crippen LogP) is 4.13. The summed E-state index contributed by atoms with van der Waals surface area (Å²) in [6.07, 6.45) is -15.0. The van der Waals surface area contributed by atoms with Crippen LogP contribution in [0, 0.1) is 0 Å². The van der Waals surface area contributed by atoms with Gasteiger partial charge in [0.2, 0.25) is 0 Å². The quantitative estimate of drug-likeness (QED) is 0.650. The van der Waals surface area contributed by atoms with Crippen LogP contribution in [0.4, 0.5) is 26.3 Å². The second-order valence-electron chi connectivity index (χ2n) is 3.95. The molecule has 1 aromatic rings. The lowest BCUT2D eigenvalue weighted by atomic mass is 10.2. The summed E-state index contributed by atoms with van der Waals surface area (Å²) in [6, 6.07) is 3.95. The zero-order chi connectivity index (χ0) is 16.3. The molecule has 21 heavy (non-hydrogen) atoms. The SMILES string of the molecule is CCSc1cccc(OC(C(F)(F)F)C(F)(F)F)c1CN. The maximum absolute atomic E-state index is 12.5. The molecule has 0 atom stereocenters. The van der Waals surface area contributed by atoms with E-state index in [0.29, 0.717) is 10.6 Å². The molecule has 0 saturated heterocycles. The number of hydrogen-bond acceptors (Lipinski definition) is 3. The first kappa shape index (κ1) is 18.0. The van der Waals surface area contributed by atoms with Crippen LogP contribution in [0.2, 0.25) is 0 Å². The van der Waals surface area contributed by atoms with Crippen molar-refractivity contribution in [2.24, 2.45) is 5.73 Å². The summed E-state index contributed by atoms with van der Waals surface area (Å²) >= 11 is 1.26. The van der Waals surface area contributed by atoms with Crippen LogP contribution in [0.3, 0.4) is 0 Å². The van der Waals surface area contributed by atoms with E-state index >= 15 is 0 Å². The van der Waals surface area contributed by atoms with Crippen LogP contribution in [0.15, 0.2) is 23.1 Å². The van der Waals surface area contributed by atoms with Crippen LogP contribution in [0.1, 0.15) is 12.5 Å². The first-order chi connectivity index (χ1) is 9.61. The van der Waals surface area contributed by atoms with Gasteiger partial charge in [-0.1, -0.05) is 13.0 Å². The van der Waals surface area contributed by atoms with Gasteiger partial charge in [0.25, 0.3) is 6.10 Å². The molecular formula is C12H13F6NOS. The van der Waals surface area contributed by atoms with Gasteiger partial charge in [-0.05, 0) is 17.9 Å². The van der Waals surface area contributed by atoms with Gasteiger partial charge >= 0.3 is 12.4 Å². The van der Waals surface area contributed by atoms with E-state index in [1.807, 2.05) is 0 Å². The fourth-order valence-electron chi connectivity index (χ4n) is 1.59. The highest BCUT2D eigenvalue weighted by Gasteiger charge is 2.59. The Bertz CT molecular complexity index is 460. The second kappa shape index (κ2) is 6.78. The maximum atomic E-state index is 12.5. The number of halogens is 6. The number of nitrogens with two attached hydrogens (primary N) is 1. The Hall–Kier alpha value is -1.09. The fraction of sp³-hybridized carbons (Fsp3) is 0.500. The Kier molecular flexibility index (Phi) is 5.80. The van der Waals surface area contributed by atoms with Crippen molar-refractivity contribution in [3.63, 3.8) is 0 Å². The minimum atomic E-state index is -5.56. The van der Waals surface area contributed by atoms with Crippen molar-refractivity contribution >= 4 is 11.8 Å². The van der Waals surface area contributed by atoms with Crippen LogP contribution in [-0.4, -0.2) is 24.2 Å². The van der Waals surface area contributed by atoms with Crippen molar-refractivity contribution in [3.05, 3.63) is 23.8 Å². The number of benzene rings is 1. The van der Waals surface area contributed by atoms with Gasteiger partial charge in [-0.15, -0.1) is 11.8 Å². The minimum absolute atomic E-state index is 0.128. The summed E-state index contributed by atoms with van der Waals surface area (Å²) in [6.45, 7) is 1.58. The molecule has 0 unspecified atom stereocenters. The number of thioether (sulfide) groups is 1. The maximum Gasteiger partial charge on any atom is 0.434 e. The van der Waals surface area contributed by atoms with E-state index in [2.05, 4.69) is 4.74 Å². The first-order valence-electron chi connectivity index (χ1n) is 5.86. The molecular weight excluding hydrogens is 320 g/mol. The van der Waals surface area contributed by atoms with Crippen LogP contribution in [-0.2, 0) is 6.54 Å². The normalized spacial score (nSPS) is 12.8. The van der Waals surface area contributed by atoms with Gasteiger partial charge in [0.15, 0.2) is 0 Å². The fourth-order valence-corrected chi connectivity index (χ4v) is 2.44. The Morgan fingerprint density at radius 2 is 1.71 bits per heavy atom. The first-order valence-corrected chi connectivity index (χ1v) is 6.84. The Labute approximate surface area is 121 Å². The molecule has 120 valence electrons. The number of alkyl halides is 6. The molecule has 0 aliphatic heterocycles. The average Bonchev–Trinajstić information content (AvgIpc) is 2.33. The van der Waals surface area contributed by atoms with Crippen LogP contribution >= 0.6 is 11.8 Å². The number of ether oxygens (including phenoxy) is 1. The van der Waals surface area contributed by atoms with E-state index in [9.17, 15) is 26.3 Å². The van der Waals surface area contributed by atoms with Crippen LogP contribution < -0.4 is 10.5 Å². The van der Waals surface area contributed by atoms with E-state index in [4.69, 9.17) is 5.73 Å². The zero-order valence-electron chi connectivity index (χ0n) is 10.9. The molecule has 2 nitrogen and oxygen atoms in total. The van der Waals surface area contributed by atoms with Gasteiger partial charge in [0.1, 0.15) is 5.75 Å². The van der Waals surface area contributed by atoms with Crippen molar-refractivity contribution < 1.29 is 31.1 Å². The largest absolute Gasteiger partial charge is 0.471 e. The molecule has 0 aromatic heterocycles. The third kappa shape index (κ3) is 4.70. The summed E-state index contributed by atoms with van der Waals surface area (Å²) < 4.78 is 79.2. The monoisotopic (exact) mass is 333 g/mol. The summed E-state index contributed by atoms with van der Waals surface area (Å²) in [5, 5.41) is 0. The molecule has 0 radical (unpaired) electrons. The molecule has 0 bridgehead atoms. The average molecular weight is 333 g/mol. The highest BCUT2D eigenvalue weighted by molar-refractivity contribution is 7.99. The predicted molar refractivity (Wildman–Crippen MR) is 67.3 cm³/mol. The third-order valence-corrected chi connectivity index (χ3v) is 3.42. The van der Waals surface area contributed by atoms with Crippen molar-refractivity contribution in [1.82, 2.24) is 0 Å². The summed E-state index contributed by atoms with van der Waals surface area (Å²) in [5.74, 6) is 0.0916. The zero-order valence-corrected chi connectivity index (χ0v) is 11.7. The molecule has 1 rings (SSSR count). The van der Waals surface area contributed by atoms with E-state index in [-0.39, 0.29) is 12.1 Å². The summed E-state index contributed by atoms with van der Waals surface area (Å²) in [7, 11) is 0. The highest BCUT2D eigenvalue weighted by atomic mass is 32.2. The molecule has 2 N–H and O–H groups in total. The smallest absolute Gasteiger partial charge is 0.434 e. The molecule has 9 heteroatoms. The Morgan fingerprint density at radius 3 is 2.14 bits per heavy atom. The molecule has 0 saturated carbocycles. The molecule has 0 aliphatic rings. The number of hydrogen-bond donors (Lipinski definition) is 1. The van der Waals surface area contributed by atoms with Crippen molar-refractivity contribution in [2.75, 3.05) is 5.75 Å². The topological polar surface area (TPSA) is 35.2 Å². The molecule has 0 amide bonds. The van der Waals surface area contributed by atoms with Gasteiger partial charge in [-0.2, -0.15) is 26.3 Å². The van der Waals surface area contributed by atoms with E-state index in [1.54, 1.807) is 13.0 Å². The molecule has 0 spiro atoms. The third-order valence-electron chi connectivity index (χ3n) is 2.43.